The summed E-state index contributed by atoms with van der Waals surface area (Å²) in [5.74, 6) is 0.135. The lowest BCUT2D eigenvalue weighted by Crippen LogP contribution is -2.29. The summed E-state index contributed by atoms with van der Waals surface area (Å²) in [4.78, 5) is 25.8. The zero-order valence-electron chi connectivity index (χ0n) is 14.3. The number of hydrogen-bond acceptors (Lipinski definition) is 4. The minimum atomic E-state index is -0.470. The van der Waals surface area contributed by atoms with Crippen molar-refractivity contribution >= 4 is 17.6 Å². The molecule has 1 aromatic carbocycles. The number of likely N-dealkylation sites (tertiary alicyclic amines) is 1. The van der Waals surface area contributed by atoms with Crippen molar-refractivity contribution in [2.75, 3.05) is 18.4 Å². The maximum atomic E-state index is 12.6. The summed E-state index contributed by atoms with van der Waals surface area (Å²) in [6.07, 6.45) is 1.63. The average molecular weight is 341 g/mol. The monoisotopic (exact) mass is 341 g/mol. The number of carbonyl (C=O) groups is 2. The van der Waals surface area contributed by atoms with E-state index in [1.165, 1.54) is 10.2 Å². The lowest BCUT2D eigenvalue weighted by atomic mass is 9.97. The lowest BCUT2D eigenvalue weighted by Gasteiger charge is -2.15. The Kier molecular flexibility index (Phi) is 5.14. The van der Waals surface area contributed by atoms with Crippen molar-refractivity contribution in [3.63, 3.8) is 0 Å². The van der Waals surface area contributed by atoms with Gasteiger partial charge in [0.25, 0.3) is 0 Å². The number of amides is 2. The van der Waals surface area contributed by atoms with Crippen molar-refractivity contribution in [1.82, 2.24) is 14.7 Å². The average Bonchev–Trinajstić information content (AvgIpc) is 3.14. The normalized spacial score (nSPS) is 20.5. The summed E-state index contributed by atoms with van der Waals surface area (Å²) in [5.41, 5.74) is 6.39. The first-order valence-electron chi connectivity index (χ1n) is 8.40. The van der Waals surface area contributed by atoms with Gasteiger partial charge < -0.3 is 11.1 Å². The van der Waals surface area contributed by atoms with Crippen LogP contribution in [0.25, 0.3) is 0 Å². The van der Waals surface area contributed by atoms with Gasteiger partial charge in [-0.25, -0.2) is 0 Å². The predicted molar refractivity (Wildman–Crippen MR) is 94.4 cm³/mol. The van der Waals surface area contributed by atoms with E-state index in [4.69, 9.17) is 5.73 Å². The fraction of sp³-hybridized carbons (Fsp3) is 0.389. The Hall–Kier alpha value is -2.67. The molecule has 1 fully saturated rings. The Morgan fingerprint density at radius 2 is 2.00 bits per heavy atom. The Morgan fingerprint density at radius 1 is 1.24 bits per heavy atom. The number of nitrogens with two attached hydrogens (primary N) is 1. The van der Waals surface area contributed by atoms with Crippen LogP contribution in [0.5, 0.6) is 0 Å². The Morgan fingerprint density at radius 3 is 2.72 bits per heavy atom. The number of hydrogen-bond donors (Lipinski definition) is 2. The molecule has 0 aliphatic carbocycles. The molecule has 7 heteroatoms. The largest absolute Gasteiger partial charge is 0.368 e. The minimum absolute atomic E-state index is 0.000551. The quantitative estimate of drug-likeness (QED) is 0.822. The molecule has 2 amide bonds. The minimum Gasteiger partial charge on any atom is -0.368 e. The van der Waals surface area contributed by atoms with E-state index >= 15 is 0 Å². The van der Waals surface area contributed by atoms with Gasteiger partial charge in [0.1, 0.15) is 6.54 Å². The van der Waals surface area contributed by atoms with Crippen LogP contribution in [0.4, 0.5) is 5.82 Å². The third-order valence-corrected chi connectivity index (χ3v) is 4.48. The molecule has 1 aliphatic rings. The molecule has 132 valence electrons. The number of carbonyl (C=O) groups excluding carboxylic acids is 2. The van der Waals surface area contributed by atoms with Crippen molar-refractivity contribution < 1.29 is 9.59 Å². The molecule has 0 radical (unpaired) electrons. The van der Waals surface area contributed by atoms with Crippen LogP contribution in [-0.2, 0) is 22.7 Å². The van der Waals surface area contributed by atoms with E-state index in [0.29, 0.717) is 5.82 Å². The first-order valence-corrected chi connectivity index (χ1v) is 8.40. The van der Waals surface area contributed by atoms with E-state index in [0.717, 1.165) is 19.6 Å². The molecule has 2 heterocycles. The molecular formula is C18H23N5O2. The number of nitrogens with one attached hydrogen (secondary N) is 1. The maximum Gasteiger partial charge on any atom is 0.239 e. The van der Waals surface area contributed by atoms with Crippen LogP contribution in [0.2, 0.25) is 0 Å². The first kappa shape index (κ1) is 17.2. The van der Waals surface area contributed by atoms with Crippen LogP contribution in [-0.4, -0.2) is 39.6 Å². The van der Waals surface area contributed by atoms with Gasteiger partial charge in [-0.1, -0.05) is 37.3 Å². The summed E-state index contributed by atoms with van der Waals surface area (Å²) >= 11 is 0. The molecule has 0 unspecified atom stereocenters. The highest BCUT2D eigenvalue weighted by Crippen LogP contribution is 2.25. The SMILES string of the molecule is C[C@@H]1CN(Cc2ccccc2)C[C@H]1C(=O)Nc1ccn(CC(N)=O)n1. The Balaban J connectivity index is 1.57. The summed E-state index contributed by atoms with van der Waals surface area (Å²) in [7, 11) is 0. The van der Waals surface area contributed by atoms with Gasteiger partial charge in [-0.05, 0) is 11.5 Å². The van der Waals surface area contributed by atoms with Gasteiger partial charge in [-0.15, -0.1) is 0 Å². The smallest absolute Gasteiger partial charge is 0.239 e. The first-order chi connectivity index (χ1) is 12.0. The summed E-state index contributed by atoms with van der Waals surface area (Å²) < 4.78 is 1.41. The Bertz CT molecular complexity index is 743. The van der Waals surface area contributed by atoms with Crippen molar-refractivity contribution in [1.29, 1.82) is 0 Å². The van der Waals surface area contributed by atoms with Crippen LogP contribution in [0.1, 0.15) is 12.5 Å². The van der Waals surface area contributed by atoms with Crippen LogP contribution in [0.15, 0.2) is 42.6 Å². The van der Waals surface area contributed by atoms with E-state index in [-0.39, 0.29) is 24.3 Å². The number of primary amides is 1. The molecule has 0 spiro atoms. The second kappa shape index (κ2) is 7.48. The van der Waals surface area contributed by atoms with Crippen molar-refractivity contribution in [3.8, 4) is 0 Å². The van der Waals surface area contributed by atoms with E-state index in [1.807, 2.05) is 18.2 Å². The summed E-state index contributed by atoms with van der Waals surface area (Å²) in [6, 6.07) is 11.9. The third-order valence-electron chi connectivity index (χ3n) is 4.48. The molecule has 2 aromatic rings. The highest BCUT2D eigenvalue weighted by Gasteiger charge is 2.34. The molecule has 0 bridgehead atoms. The van der Waals surface area contributed by atoms with Gasteiger partial charge in [-0.2, -0.15) is 5.10 Å². The molecule has 1 aromatic heterocycles. The highest BCUT2D eigenvalue weighted by atomic mass is 16.2. The second-order valence-electron chi connectivity index (χ2n) is 6.62. The molecule has 7 nitrogen and oxygen atoms in total. The van der Waals surface area contributed by atoms with Gasteiger partial charge in [0.05, 0.1) is 5.92 Å². The van der Waals surface area contributed by atoms with Gasteiger partial charge in [0.2, 0.25) is 11.8 Å². The fourth-order valence-electron chi connectivity index (χ4n) is 3.27. The van der Waals surface area contributed by atoms with Crippen molar-refractivity contribution in [2.24, 2.45) is 17.6 Å². The number of rotatable bonds is 6. The number of aromatic nitrogens is 2. The van der Waals surface area contributed by atoms with Crippen LogP contribution in [0.3, 0.4) is 0 Å². The van der Waals surface area contributed by atoms with Crippen molar-refractivity contribution in [3.05, 3.63) is 48.2 Å². The zero-order chi connectivity index (χ0) is 17.8. The van der Waals surface area contributed by atoms with Crippen LogP contribution >= 0.6 is 0 Å². The van der Waals surface area contributed by atoms with Gasteiger partial charge >= 0.3 is 0 Å². The molecule has 3 N–H and O–H groups in total. The number of anilines is 1. The topological polar surface area (TPSA) is 93.3 Å². The molecule has 1 aliphatic heterocycles. The van der Waals surface area contributed by atoms with Gasteiger partial charge in [-0.3, -0.25) is 19.2 Å². The highest BCUT2D eigenvalue weighted by molar-refractivity contribution is 5.92. The molecule has 2 atom stereocenters. The van der Waals surface area contributed by atoms with E-state index in [2.05, 4.69) is 34.4 Å². The second-order valence-corrected chi connectivity index (χ2v) is 6.62. The molecule has 1 saturated heterocycles. The number of benzene rings is 1. The number of nitrogens with zero attached hydrogens (tertiary/aromatic N) is 3. The van der Waals surface area contributed by atoms with Crippen LogP contribution in [0, 0.1) is 11.8 Å². The Labute approximate surface area is 146 Å². The standard InChI is InChI=1S/C18H23N5O2/c1-13-9-22(10-14-5-3-2-4-6-14)11-15(13)18(25)20-17-7-8-23(21-17)12-16(19)24/h2-8,13,15H,9-12H2,1H3,(H2,19,24)(H,20,21,25)/t13-,15-/m1/s1. The van der Waals surface area contributed by atoms with Gasteiger partial charge in [0.15, 0.2) is 5.82 Å². The van der Waals surface area contributed by atoms with Crippen LogP contribution < -0.4 is 11.1 Å². The van der Waals surface area contributed by atoms with E-state index < -0.39 is 5.91 Å². The zero-order valence-corrected chi connectivity index (χ0v) is 14.3. The van der Waals surface area contributed by atoms with Gasteiger partial charge in [0, 0.05) is 31.9 Å². The molecule has 25 heavy (non-hydrogen) atoms. The molecular weight excluding hydrogens is 318 g/mol. The predicted octanol–water partition coefficient (Wildman–Crippen LogP) is 1.07. The third kappa shape index (κ3) is 4.45. The fourth-order valence-corrected chi connectivity index (χ4v) is 3.27. The summed E-state index contributed by atoms with van der Waals surface area (Å²) in [6.45, 7) is 4.57. The molecule has 3 rings (SSSR count). The van der Waals surface area contributed by atoms with E-state index in [1.54, 1.807) is 12.3 Å². The lowest BCUT2D eigenvalue weighted by molar-refractivity contribution is -0.120. The summed E-state index contributed by atoms with van der Waals surface area (Å²) in [5, 5.41) is 6.99. The molecule has 0 saturated carbocycles. The van der Waals surface area contributed by atoms with E-state index in [9.17, 15) is 9.59 Å². The maximum absolute atomic E-state index is 12.6. The van der Waals surface area contributed by atoms with Crippen molar-refractivity contribution in [2.45, 2.75) is 20.0 Å².